The van der Waals surface area contributed by atoms with Gasteiger partial charge in [-0.1, -0.05) is 30.3 Å². The molecule has 0 bridgehead atoms. The van der Waals surface area contributed by atoms with Gasteiger partial charge in [-0.2, -0.15) is 0 Å². The highest BCUT2D eigenvalue weighted by atomic mass is 16.5. The molecule has 1 atom stereocenters. The normalized spacial score (nSPS) is 11.9. The molecule has 124 valence electrons. The highest BCUT2D eigenvalue weighted by Crippen LogP contribution is 2.19. The fourth-order valence-electron chi connectivity index (χ4n) is 2.27. The summed E-state index contributed by atoms with van der Waals surface area (Å²) in [5.41, 5.74) is 2.12. The van der Waals surface area contributed by atoms with E-state index in [0.29, 0.717) is 24.3 Å². The number of nitrogens with one attached hydrogen (secondary N) is 1. The molecule has 2 heterocycles. The Hall–Kier alpha value is -2.89. The fourth-order valence-corrected chi connectivity index (χ4v) is 2.27. The predicted octanol–water partition coefficient (Wildman–Crippen LogP) is 3.57. The van der Waals surface area contributed by atoms with Gasteiger partial charge in [-0.15, -0.1) is 10.2 Å². The van der Waals surface area contributed by atoms with Crippen LogP contribution in [-0.2, 0) is 6.42 Å². The third kappa shape index (κ3) is 4.32. The molecule has 3 aromatic rings. The standard InChI is InChI=1S/C18H20N4O2/c1-13(18-22-21-14(2)24-18)20-16-8-9-17(19-12-16)23-11-10-15-6-4-3-5-7-15/h3-9,12-13,20H,10-11H2,1-2H3/t13-/m0/s1. The molecule has 24 heavy (non-hydrogen) atoms. The third-order valence-electron chi connectivity index (χ3n) is 3.52. The van der Waals surface area contributed by atoms with Crippen molar-refractivity contribution in [1.29, 1.82) is 0 Å². The second-order valence-electron chi connectivity index (χ2n) is 5.49. The molecule has 6 nitrogen and oxygen atoms in total. The van der Waals surface area contributed by atoms with Crippen molar-refractivity contribution in [2.45, 2.75) is 26.3 Å². The Morgan fingerprint density at radius 1 is 1.12 bits per heavy atom. The first-order chi connectivity index (χ1) is 11.7. The summed E-state index contributed by atoms with van der Waals surface area (Å²) >= 11 is 0. The van der Waals surface area contributed by atoms with Gasteiger partial charge in [0.25, 0.3) is 0 Å². The van der Waals surface area contributed by atoms with Gasteiger partial charge in [0.15, 0.2) is 0 Å². The number of aromatic nitrogens is 3. The molecular formula is C18H20N4O2. The number of pyridine rings is 1. The van der Waals surface area contributed by atoms with Crippen LogP contribution in [0, 0.1) is 6.92 Å². The quantitative estimate of drug-likeness (QED) is 0.716. The zero-order valence-electron chi connectivity index (χ0n) is 13.8. The van der Waals surface area contributed by atoms with Crippen LogP contribution < -0.4 is 10.1 Å². The second kappa shape index (κ2) is 7.59. The maximum atomic E-state index is 5.68. The summed E-state index contributed by atoms with van der Waals surface area (Å²) in [7, 11) is 0. The Bertz CT molecular complexity index is 756. The van der Waals surface area contributed by atoms with Crippen molar-refractivity contribution in [2.75, 3.05) is 11.9 Å². The van der Waals surface area contributed by atoms with Crippen LogP contribution in [0.1, 0.15) is 30.3 Å². The van der Waals surface area contributed by atoms with Gasteiger partial charge in [0.1, 0.15) is 6.04 Å². The van der Waals surface area contributed by atoms with E-state index in [9.17, 15) is 0 Å². The largest absolute Gasteiger partial charge is 0.477 e. The van der Waals surface area contributed by atoms with Crippen molar-refractivity contribution in [2.24, 2.45) is 0 Å². The molecule has 0 unspecified atom stereocenters. The van der Waals surface area contributed by atoms with Crippen LogP contribution in [0.4, 0.5) is 5.69 Å². The van der Waals surface area contributed by atoms with Gasteiger partial charge in [0, 0.05) is 19.4 Å². The van der Waals surface area contributed by atoms with Crippen LogP contribution in [0.25, 0.3) is 0 Å². The van der Waals surface area contributed by atoms with E-state index < -0.39 is 0 Å². The number of ether oxygens (including phenoxy) is 1. The molecule has 1 aromatic carbocycles. The summed E-state index contributed by atoms with van der Waals surface area (Å²) in [4.78, 5) is 4.31. The maximum absolute atomic E-state index is 5.68. The second-order valence-corrected chi connectivity index (χ2v) is 5.49. The number of hydrogen-bond donors (Lipinski definition) is 1. The van der Waals surface area contributed by atoms with Crippen molar-refractivity contribution >= 4 is 5.69 Å². The Morgan fingerprint density at radius 2 is 1.96 bits per heavy atom. The molecule has 0 fully saturated rings. The molecule has 0 amide bonds. The molecule has 1 N–H and O–H groups in total. The number of hydrogen-bond acceptors (Lipinski definition) is 6. The molecule has 6 heteroatoms. The first-order valence-electron chi connectivity index (χ1n) is 7.90. The zero-order valence-corrected chi connectivity index (χ0v) is 13.8. The smallest absolute Gasteiger partial charge is 0.238 e. The van der Waals surface area contributed by atoms with E-state index in [4.69, 9.17) is 9.15 Å². The van der Waals surface area contributed by atoms with Crippen molar-refractivity contribution in [3.63, 3.8) is 0 Å². The van der Waals surface area contributed by atoms with E-state index in [-0.39, 0.29) is 6.04 Å². The lowest BCUT2D eigenvalue weighted by molar-refractivity contribution is 0.309. The van der Waals surface area contributed by atoms with Crippen LogP contribution >= 0.6 is 0 Å². The number of anilines is 1. The molecule has 0 radical (unpaired) electrons. The first kappa shape index (κ1) is 16.0. The van der Waals surface area contributed by atoms with E-state index in [1.165, 1.54) is 5.56 Å². The lowest BCUT2D eigenvalue weighted by Gasteiger charge is -2.11. The minimum atomic E-state index is -0.0853. The minimum Gasteiger partial charge on any atom is -0.477 e. The van der Waals surface area contributed by atoms with Gasteiger partial charge >= 0.3 is 0 Å². The fraction of sp³-hybridized carbons (Fsp3) is 0.278. The van der Waals surface area contributed by atoms with Crippen LogP contribution in [0.2, 0.25) is 0 Å². The molecule has 0 aliphatic rings. The monoisotopic (exact) mass is 324 g/mol. The van der Waals surface area contributed by atoms with Gasteiger partial charge in [-0.25, -0.2) is 4.98 Å². The zero-order chi connectivity index (χ0) is 16.8. The highest BCUT2D eigenvalue weighted by molar-refractivity contribution is 5.43. The average molecular weight is 324 g/mol. The lowest BCUT2D eigenvalue weighted by atomic mass is 10.2. The van der Waals surface area contributed by atoms with E-state index in [2.05, 4.69) is 32.6 Å². The third-order valence-corrected chi connectivity index (χ3v) is 3.52. The van der Waals surface area contributed by atoms with Crippen LogP contribution in [0.15, 0.2) is 53.1 Å². The highest BCUT2D eigenvalue weighted by Gasteiger charge is 2.12. The molecule has 0 spiro atoms. The van der Waals surface area contributed by atoms with Crippen LogP contribution in [0.3, 0.4) is 0 Å². The molecule has 0 saturated carbocycles. The lowest BCUT2D eigenvalue weighted by Crippen LogP contribution is -2.08. The van der Waals surface area contributed by atoms with Crippen molar-refractivity contribution in [3.8, 4) is 5.88 Å². The van der Waals surface area contributed by atoms with Crippen molar-refractivity contribution < 1.29 is 9.15 Å². The molecule has 2 aromatic heterocycles. The predicted molar refractivity (Wildman–Crippen MR) is 91.0 cm³/mol. The Morgan fingerprint density at radius 3 is 2.62 bits per heavy atom. The minimum absolute atomic E-state index is 0.0853. The summed E-state index contributed by atoms with van der Waals surface area (Å²) < 4.78 is 11.1. The summed E-state index contributed by atoms with van der Waals surface area (Å²) in [5, 5.41) is 11.1. The van der Waals surface area contributed by atoms with Crippen LogP contribution in [0.5, 0.6) is 5.88 Å². The molecule has 3 rings (SSSR count). The van der Waals surface area contributed by atoms with Crippen molar-refractivity contribution in [1.82, 2.24) is 15.2 Å². The average Bonchev–Trinajstić information content (AvgIpc) is 3.04. The molecular weight excluding hydrogens is 304 g/mol. The Labute approximate surface area is 140 Å². The van der Waals surface area contributed by atoms with E-state index >= 15 is 0 Å². The molecule has 0 aliphatic heterocycles. The SMILES string of the molecule is Cc1nnc([C@H](C)Nc2ccc(OCCc3ccccc3)nc2)o1. The topological polar surface area (TPSA) is 73.1 Å². The number of aryl methyl sites for hydroxylation is 1. The number of rotatable bonds is 7. The number of nitrogens with zero attached hydrogens (tertiary/aromatic N) is 3. The van der Waals surface area contributed by atoms with Crippen LogP contribution in [-0.4, -0.2) is 21.8 Å². The Balaban J connectivity index is 1.50. The summed E-state index contributed by atoms with van der Waals surface area (Å²) in [5.74, 6) is 1.72. The van der Waals surface area contributed by atoms with Gasteiger partial charge in [-0.05, 0) is 18.6 Å². The van der Waals surface area contributed by atoms with Gasteiger partial charge in [-0.3, -0.25) is 0 Å². The first-order valence-corrected chi connectivity index (χ1v) is 7.90. The van der Waals surface area contributed by atoms with Crippen molar-refractivity contribution in [3.05, 3.63) is 66.0 Å². The van der Waals surface area contributed by atoms with E-state index in [1.54, 1.807) is 13.1 Å². The van der Waals surface area contributed by atoms with E-state index in [0.717, 1.165) is 12.1 Å². The maximum Gasteiger partial charge on any atom is 0.238 e. The summed E-state index contributed by atoms with van der Waals surface area (Å²) in [6.07, 6.45) is 2.59. The number of benzene rings is 1. The molecule has 0 aliphatic carbocycles. The summed E-state index contributed by atoms with van der Waals surface area (Å²) in [6, 6.07) is 13.9. The van der Waals surface area contributed by atoms with Gasteiger partial charge in [0.05, 0.1) is 18.5 Å². The Kier molecular flexibility index (Phi) is 5.05. The molecule has 0 saturated heterocycles. The summed E-state index contributed by atoms with van der Waals surface area (Å²) in [6.45, 7) is 4.32. The van der Waals surface area contributed by atoms with E-state index in [1.807, 2.05) is 37.3 Å². The van der Waals surface area contributed by atoms with Gasteiger partial charge < -0.3 is 14.5 Å². The van der Waals surface area contributed by atoms with Gasteiger partial charge in [0.2, 0.25) is 17.7 Å².